The molecule has 0 unspecified atom stereocenters. The van der Waals surface area contributed by atoms with Gasteiger partial charge in [0.1, 0.15) is 23.9 Å². The summed E-state index contributed by atoms with van der Waals surface area (Å²) in [5, 5.41) is 2.29. The number of oxazole rings is 2. The van der Waals surface area contributed by atoms with E-state index in [1.165, 1.54) is 0 Å². The second-order valence-electron chi connectivity index (χ2n) is 7.25. The molecule has 4 aromatic heterocycles. The fourth-order valence-electron chi connectivity index (χ4n) is 3.86. The normalized spacial score (nSPS) is 11.1. The molecule has 2 aromatic carbocycles. The summed E-state index contributed by atoms with van der Waals surface area (Å²) >= 11 is 0. The van der Waals surface area contributed by atoms with Gasteiger partial charge >= 0.3 is 0 Å². The number of aromatic nitrogens is 4. The van der Waals surface area contributed by atoms with Crippen LogP contribution in [0.1, 0.15) is 0 Å². The molecular weight excluding hydrogens is 400 g/mol. The lowest BCUT2D eigenvalue weighted by molar-refractivity contribution is 0.572. The second kappa shape index (κ2) is 7.59. The minimum atomic E-state index is 0.512. The molecule has 0 saturated heterocycles. The summed E-state index contributed by atoms with van der Waals surface area (Å²) in [4.78, 5) is 17.4. The molecule has 4 heterocycles. The van der Waals surface area contributed by atoms with Crippen molar-refractivity contribution in [1.29, 1.82) is 0 Å². The Morgan fingerprint density at radius 1 is 0.500 bits per heavy atom. The van der Waals surface area contributed by atoms with Gasteiger partial charge in [0, 0.05) is 23.5 Å². The van der Waals surface area contributed by atoms with Crippen molar-refractivity contribution < 1.29 is 8.83 Å². The van der Waals surface area contributed by atoms with E-state index in [2.05, 4.69) is 44.2 Å². The second-order valence-corrected chi connectivity index (χ2v) is 7.25. The zero-order valence-corrected chi connectivity index (χ0v) is 16.8. The highest BCUT2D eigenvalue weighted by Crippen LogP contribution is 2.36. The van der Waals surface area contributed by atoms with E-state index in [0.29, 0.717) is 23.2 Å². The van der Waals surface area contributed by atoms with E-state index in [-0.39, 0.29) is 0 Å². The van der Waals surface area contributed by atoms with Crippen molar-refractivity contribution in [2.24, 2.45) is 0 Å². The summed E-state index contributed by atoms with van der Waals surface area (Å²) in [5.41, 5.74) is 5.69. The van der Waals surface area contributed by atoms with E-state index in [1.54, 1.807) is 24.9 Å². The number of benzene rings is 2. The molecule has 32 heavy (non-hydrogen) atoms. The molecule has 0 saturated carbocycles. The summed E-state index contributed by atoms with van der Waals surface area (Å²) in [6.45, 7) is 0. The lowest BCUT2D eigenvalue weighted by atomic mass is 9.93. The van der Waals surface area contributed by atoms with E-state index in [4.69, 9.17) is 8.83 Å². The number of hydrogen-bond acceptors (Lipinski definition) is 6. The lowest BCUT2D eigenvalue weighted by Gasteiger charge is -2.12. The first-order chi connectivity index (χ1) is 15.9. The van der Waals surface area contributed by atoms with Crippen molar-refractivity contribution in [2.75, 3.05) is 0 Å². The number of fused-ring (bicyclic) bond motifs is 1. The van der Waals surface area contributed by atoms with Crippen molar-refractivity contribution in [1.82, 2.24) is 19.9 Å². The van der Waals surface area contributed by atoms with E-state index < -0.39 is 0 Å². The van der Waals surface area contributed by atoms with Crippen LogP contribution in [-0.4, -0.2) is 19.9 Å². The molecular formula is C26H16N4O2. The van der Waals surface area contributed by atoms with Gasteiger partial charge in [0.25, 0.3) is 0 Å². The molecule has 6 heteroatoms. The van der Waals surface area contributed by atoms with Crippen molar-refractivity contribution in [3.8, 4) is 45.4 Å². The average molecular weight is 416 g/mol. The molecule has 0 aliphatic heterocycles. The van der Waals surface area contributed by atoms with Gasteiger partial charge in [0.2, 0.25) is 11.8 Å². The van der Waals surface area contributed by atoms with E-state index in [9.17, 15) is 0 Å². The summed E-state index contributed by atoms with van der Waals surface area (Å²) in [6, 6.07) is 20.5. The van der Waals surface area contributed by atoms with Crippen molar-refractivity contribution in [3.63, 3.8) is 0 Å². The molecule has 0 bridgehead atoms. The maximum Gasteiger partial charge on any atom is 0.244 e. The van der Waals surface area contributed by atoms with Crippen molar-refractivity contribution >= 4 is 10.8 Å². The maximum absolute atomic E-state index is 5.34. The van der Waals surface area contributed by atoms with Crippen LogP contribution in [0.25, 0.3) is 56.2 Å². The van der Waals surface area contributed by atoms with Gasteiger partial charge in [-0.2, -0.15) is 0 Å². The predicted octanol–water partition coefficient (Wildman–Crippen LogP) is 6.27. The Morgan fingerprint density at radius 3 is 1.38 bits per heavy atom. The Bertz CT molecular complexity index is 1370. The summed E-state index contributed by atoms with van der Waals surface area (Å²) in [7, 11) is 0. The van der Waals surface area contributed by atoms with Crippen LogP contribution in [0.2, 0.25) is 0 Å². The zero-order valence-electron chi connectivity index (χ0n) is 16.8. The highest BCUT2D eigenvalue weighted by molar-refractivity contribution is 6.04. The first-order valence-electron chi connectivity index (χ1n) is 10.1. The fraction of sp³-hybridized carbons (Fsp3) is 0. The van der Waals surface area contributed by atoms with Crippen LogP contribution in [0.3, 0.4) is 0 Å². The SMILES string of the molecule is c1ccc2c(-c3ccc(-c4ncco4)nc3)ccc(-c3ccc(-c4ncco4)nc3)c2c1. The Balaban J connectivity index is 1.41. The van der Waals surface area contributed by atoms with Crippen molar-refractivity contribution in [3.05, 3.63) is 98.0 Å². The molecule has 6 nitrogen and oxygen atoms in total. The predicted molar refractivity (Wildman–Crippen MR) is 121 cm³/mol. The molecule has 0 N–H and O–H groups in total. The fourth-order valence-corrected chi connectivity index (χ4v) is 3.86. The third kappa shape index (κ3) is 3.15. The maximum atomic E-state index is 5.34. The van der Waals surface area contributed by atoms with Crippen LogP contribution in [0.15, 0.2) is 107 Å². The summed E-state index contributed by atoms with van der Waals surface area (Å²) < 4.78 is 10.7. The largest absolute Gasteiger partial charge is 0.443 e. The smallest absolute Gasteiger partial charge is 0.244 e. The van der Waals surface area contributed by atoms with Gasteiger partial charge < -0.3 is 8.83 Å². The van der Waals surface area contributed by atoms with Gasteiger partial charge in [-0.25, -0.2) is 9.97 Å². The van der Waals surface area contributed by atoms with Gasteiger partial charge in [-0.3, -0.25) is 9.97 Å². The first kappa shape index (κ1) is 18.2. The van der Waals surface area contributed by atoms with Crippen molar-refractivity contribution in [2.45, 2.75) is 0 Å². The Labute approximate surface area is 183 Å². The molecule has 152 valence electrons. The minimum Gasteiger partial charge on any atom is -0.443 e. The van der Waals surface area contributed by atoms with Gasteiger partial charge in [-0.15, -0.1) is 0 Å². The number of rotatable bonds is 4. The average Bonchev–Trinajstić information content (AvgIpc) is 3.59. The zero-order chi connectivity index (χ0) is 21.3. The van der Waals surface area contributed by atoms with Crippen LogP contribution < -0.4 is 0 Å². The highest BCUT2D eigenvalue weighted by Gasteiger charge is 2.12. The third-order valence-electron chi connectivity index (χ3n) is 5.38. The lowest BCUT2D eigenvalue weighted by Crippen LogP contribution is -1.89. The molecule has 0 radical (unpaired) electrons. The van der Waals surface area contributed by atoms with Crippen LogP contribution in [-0.2, 0) is 0 Å². The molecule has 0 spiro atoms. The van der Waals surface area contributed by atoms with Gasteiger partial charge in [-0.05, 0) is 34.0 Å². The standard InChI is InChI=1S/C26H16N4O2/c1-2-4-22-20(18-6-10-24(30-16-18)26-28-12-14-32-26)8-7-19(21(22)3-1)17-5-9-23(29-15-17)25-27-11-13-31-25/h1-16H. The molecule has 6 rings (SSSR count). The Morgan fingerprint density at radius 2 is 1.00 bits per heavy atom. The van der Waals surface area contributed by atoms with Gasteiger partial charge in [0.05, 0.1) is 12.4 Å². The van der Waals surface area contributed by atoms with E-state index >= 15 is 0 Å². The third-order valence-corrected chi connectivity index (χ3v) is 5.38. The Kier molecular flexibility index (Phi) is 4.32. The first-order valence-corrected chi connectivity index (χ1v) is 10.1. The summed E-state index contributed by atoms with van der Waals surface area (Å²) in [6.07, 6.45) is 10.0. The molecule has 0 amide bonds. The van der Waals surface area contributed by atoms with Crippen LogP contribution in [0.4, 0.5) is 0 Å². The van der Waals surface area contributed by atoms with E-state index in [0.717, 1.165) is 33.0 Å². The molecule has 6 aromatic rings. The molecule has 0 aliphatic rings. The summed E-state index contributed by atoms with van der Waals surface area (Å²) in [5.74, 6) is 1.02. The van der Waals surface area contributed by atoms with Gasteiger partial charge in [0.15, 0.2) is 0 Å². The highest BCUT2D eigenvalue weighted by atomic mass is 16.3. The monoisotopic (exact) mass is 416 g/mol. The number of hydrogen-bond donors (Lipinski definition) is 0. The van der Waals surface area contributed by atoms with Crippen LogP contribution in [0.5, 0.6) is 0 Å². The molecule has 0 atom stereocenters. The number of pyridine rings is 2. The van der Waals surface area contributed by atoms with Crippen LogP contribution >= 0.6 is 0 Å². The minimum absolute atomic E-state index is 0.512. The van der Waals surface area contributed by atoms with Crippen LogP contribution in [0, 0.1) is 0 Å². The van der Waals surface area contributed by atoms with E-state index in [1.807, 2.05) is 48.8 Å². The van der Waals surface area contributed by atoms with Gasteiger partial charge in [-0.1, -0.05) is 48.5 Å². The Hall–Kier alpha value is -4.58. The number of nitrogens with zero attached hydrogens (tertiary/aromatic N) is 4. The molecule has 0 aliphatic carbocycles. The molecule has 0 fully saturated rings. The quantitative estimate of drug-likeness (QED) is 0.337. The topological polar surface area (TPSA) is 77.8 Å².